The molecule has 2 atom stereocenters. The van der Waals surface area contributed by atoms with E-state index in [-0.39, 0.29) is 24.0 Å². The van der Waals surface area contributed by atoms with Crippen LogP contribution in [0.4, 0.5) is 0 Å². The fraction of sp³-hybridized carbons (Fsp3) is 0.448. The number of rotatable bonds is 10. The van der Waals surface area contributed by atoms with E-state index >= 15 is 0 Å². The number of amides is 1. The van der Waals surface area contributed by atoms with Gasteiger partial charge in [0.15, 0.2) is 5.11 Å². The number of methoxy groups -OCH3 is 1. The highest BCUT2D eigenvalue weighted by Gasteiger charge is 2.51. The number of aromatic amines is 1. The van der Waals surface area contributed by atoms with Gasteiger partial charge in [-0.05, 0) is 81.0 Å². The van der Waals surface area contributed by atoms with Gasteiger partial charge >= 0.3 is 0 Å². The smallest absolute Gasteiger partial charge is 0.252 e. The second-order valence-electron chi connectivity index (χ2n) is 10.4. The maximum atomic E-state index is 13.6. The molecule has 2 aromatic carbocycles. The molecule has 0 aliphatic carbocycles. The average Bonchev–Trinajstić information content (AvgIpc) is 3.38. The van der Waals surface area contributed by atoms with Gasteiger partial charge in [-0.1, -0.05) is 28.1 Å². The number of carbonyl (C=O) groups excluding carboxylic acids is 1. The van der Waals surface area contributed by atoms with Crippen molar-refractivity contribution in [2.24, 2.45) is 0 Å². The first kappa shape index (κ1) is 27.1. The molecule has 202 valence electrons. The quantitative estimate of drug-likeness (QED) is 0.258. The SMILES string of the molecule is COCCN(C)CCCOc1ccc(C2c3[nH]c4ccc(Br)cc4c3CC3C(=O)N(C(C)C)C(=S)N32)cc1. The molecule has 3 heterocycles. The first-order valence-corrected chi connectivity index (χ1v) is 14.4. The van der Waals surface area contributed by atoms with Gasteiger partial charge in [0.2, 0.25) is 0 Å². The van der Waals surface area contributed by atoms with Crippen LogP contribution in [0.2, 0.25) is 0 Å². The maximum absolute atomic E-state index is 13.6. The van der Waals surface area contributed by atoms with Crippen molar-refractivity contribution in [3.05, 3.63) is 63.8 Å². The van der Waals surface area contributed by atoms with Crippen LogP contribution in [0.15, 0.2) is 46.9 Å². The standard InChI is InChI=1S/C29H35BrN4O3S/c1-18(2)33-28(35)25-17-23-22-16-20(30)8-11-24(22)31-26(23)27(34(25)29(33)38)19-6-9-21(10-7-19)37-14-5-12-32(3)13-15-36-4/h6-11,16,18,25,27,31H,5,12-15,17H2,1-4H3. The number of likely N-dealkylation sites (N-methyl/N-ethyl adjacent to an activating group) is 1. The van der Waals surface area contributed by atoms with E-state index in [1.165, 1.54) is 5.56 Å². The Bertz CT molecular complexity index is 1330. The summed E-state index contributed by atoms with van der Waals surface area (Å²) in [5.74, 6) is 0.922. The topological polar surface area (TPSA) is 61.0 Å². The van der Waals surface area contributed by atoms with Crippen molar-refractivity contribution in [1.29, 1.82) is 0 Å². The Kier molecular flexibility index (Phi) is 8.09. The summed E-state index contributed by atoms with van der Waals surface area (Å²) in [5.41, 5.74) is 4.43. The number of nitrogens with zero attached hydrogens (tertiary/aromatic N) is 3. The van der Waals surface area contributed by atoms with Gasteiger partial charge in [0, 0.05) is 53.7 Å². The van der Waals surface area contributed by atoms with Crippen LogP contribution in [-0.2, 0) is 16.0 Å². The lowest BCUT2D eigenvalue weighted by molar-refractivity contribution is -0.129. The highest BCUT2D eigenvalue weighted by atomic mass is 79.9. The van der Waals surface area contributed by atoms with Gasteiger partial charge in [-0.2, -0.15) is 0 Å². The van der Waals surface area contributed by atoms with E-state index < -0.39 is 0 Å². The second-order valence-corrected chi connectivity index (χ2v) is 11.7. The number of aromatic nitrogens is 1. The molecule has 5 rings (SSSR count). The normalized spacial score (nSPS) is 19.1. The summed E-state index contributed by atoms with van der Waals surface area (Å²) in [6, 6.07) is 14.0. The molecule has 0 saturated carbocycles. The molecule has 9 heteroatoms. The lowest BCUT2D eigenvalue weighted by Gasteiger charge is -2.37. The van der Waals surface area contributed by atoms with E-state index in [0.717, 1.165) is 58.5 Å². The Morgan fingerprint density at radius 2 is 1.92 bits per heavy atom. The largest absolute Gasteiger partial charge is 0.494 e. The lowest BCUT2D eigenvalue weighted by Crippen LogP contribution is -2.44. The number of carbonyl (C=O) groups is 1. The van der Waals surface area contributed by atoms with E-state index in [2.05, 4.69) is 62.0 Å². The second kappa shape index (κ2) is 11.3. The third-order valence-electron chi connectivity index (χ3n) is 7.48. The Hall–Kier alpha value is -2.46. The van der Waals surface area contributed by atoms with Crippen molar-refractivity contribution >= 4 is 50.1 Å². The minimum absolute atomic E-state index is 0.00907. The number of hydrogen-bond donors (Lipinski definition) is 1. The molecule has 38 heavy (non-hydrogen) atoms. The van der Waals surface area contributed by atoms with Crippen LogP contribution in [-0.4, -0.2) is 83.2 Å². The third kappa shape index (κ3) is 5.09. The van der Waals surface area contributed by atoms with Gasteiger partial charge in [-0.25, -0.2) is 0 Å². The molecule has 2 aliphatic heterocycles. The molecule has 3 aromatic rings. The predicted octanol–water partition coefficient (Wildman–Crippen LogP) is 5.13. The molecule has 1 fully saturated rings. The summed E-state index contributed by atoms with van der Waals surface area (Å²) in [7, 11) is 3.82. The Morgan fingerprint density at radius 3 is 2.63 bits per heavy atom. The molecule has 2 aliphatic rings. The summed E-state index contributed by atoms with van der Waals surface area (Å²) in [6.45, 7) is 7.29. The van der Waals surface area contributed by atoms with Crippen molar-refractivity contribution in [2.45, 2.75) is 44.8 Å². The van der Waals surface area contributed by atoms with Crippen molar-refractivity contribution < 1.29 is 14.3 Å². The fourth-order valence-electron chi connectivity index (χ4n) is 5.57. The van der Waals surface area contributed by atoms with Crippen molar-refractivity contribution in [2.75, 3.05) is 40.5 Å². The summed E-state index contributed by atoms with van der Waals surface area (Å²) in [6.07, 6.45) is 1.57. The van der Waals surface area contributed by atoms with Crippen LogP contribution >= 0.6 is 28.1 Å². The zero-order valence-corrected chi connectivity index (χ0v) is 24.8. The van der Waals surface area contributed by atoms with Crippen LogP contribution in [0.25, 0.3) is 10.9 Å². The number of fused-ring (bicyclic) bond motifs is 4. The predicted molar refractivity (Wildman–Crippen MR) is 158 cm³/mol. The molecule has 1 aromatic heterocycles. The molecule has 0 bridgehead atoms. The van der Waals surface area contributed by atoms with Crippen molar-refractivity contribution in [1.82, 2.24) is 19.7 Å². The monoisotopic (exact) mass is 598 g/mol. The van der Waals surface area contributed by atoms with E-state index in [1.807, 2.05) is 32.0 Å². The Balaban J connectivity index is 1.41. The van der Waals surface area contributed by atoms with Gasteiger partial charge < -0.3 is 24.3 Å². The number of halogens is 1. The number of thiocarbonyl (C=S) groups is 1. The number of ether oxygens (including phenoxy) is 2. The first-order chi connectivity index (χ1) is 18.3. The number of H-pyrrole nitrogens is 1. The molecule has 2 unspecified atom stereocenters. The molecule has 1 amide bonds. The minimum atomic E-state index is -0.314. The van der Waals surface area contributed by atoms with E-state index in [4.69, 9.17) is 21.7 Å². The van der Waals surface area contributed by atoms with Crippen molar-refractivity contribution in [3.63, 3.8) is 0 Å². The van der Waals surface area contributed by atoms with Crippen LogP contribution in [0, 0.1) is 0 Å². The molecule has 0 spiro atoms. The average molecular weight is 600 g/mol. The first-order valence-electron chi connectivity index (χ1n) is 13.2. The summed E-state index contributed by atoms with van der Waals surface area (Å²) < 4.78 is 12.2. The molecular weight excluding hydrogens is 564 g/mol. The van der Waals surface area contributed by atoms with Crippen LogP contribution in [0.5, 0.6) is 5.75 Å². The number of nitrogens with one attached hydrogen (secondary N) is 1. The van der Waals surface area contributed by atoms with Gasteiger partial charge in [0.25, 0.3) is 5.91 Å². The molecule has 0 radical (unpaired) electrons. The van der Waals surface area contributed by atoms with Crippen LogP contribution in [0.1, 0.15) is 43.1 Å². The lowest BCUT2D eigenvalue weighted by atomic mass is 9.89. The summed E-state index contributed by atoms with van der Waals surface area (Å²) in [4.78, 5) is 23.4. The summed E-state index contributed by atoms with van der Waals surface area (Å²) in [5, 5.41) is 1.75. The highest BCUT2D eigenvalue weighted by molar-refractivity contribution is 9.10. The Morgan fingerprint density at radius 1 is 1.16 bits per heavy atom. The zero-order valence-electron chi connectivity index (χ0n) is 22.4. The van der Waals surface area contributed by atoms with Crippen LogP contribution < -0.4 is 4.74 Å². The highest BCUT2D eigenvalue weighted by Crippen LogP contribution is 2.45. The fourth-order valence-corrected chi connectivity index (χ4v) is 6.46. The number of hydrogen-bond acceptors (Lipinski definition) is 5. The van der Waals surface area contributed by atoms with Gasteiger partial charge in [0.05, 0.1) is 19.3 Å². The Labute approximate surface area is 238 Å². The minimum Gasteiger partial charge on any atom is -0.494 e. The van der Waals surface area contributed by atoms with Crippen molar-refractivity contribution in [3.8, 4) is 5.75 Å². The van der Waals surface area contributed by atoms with E-state index in [0.29, 0.717) is 18.1 Å². The van der Waals surface area contributed by atoms with E-state index in [1.54, 1.807) is 12.0 Å². The maximum Gasteiger partial charge on any atom is 0.252 e. The van der Waals surface area contributed by atoms with E-state index in [9.17, 15) is 4.79 Å². The number of benzene rings is 2. The zero-order chi connectivity index (χ0) is 27.0. The third-order valence-corrected chi connectivity index (χ3v) is 8.38. The molecule has 7 nitrogen and oxygen atoms in total. The molecule has 1 N–H and O–H groups in total. The molecule has 1 saturated heterocycles. The van der Waals surface area contributed by atoms with Gasteiger partial charge in [0.1, 0.15) is 11.8 Å². The van der Waals surface area contributed by atoms with Crippen LogP contribution in [0.3, 0.4) is 0 Å². The van der Waals surface area contributed by atoms with Gasteiger partial charge in [-0.3, -0.25) is 9.69 Å². The van der Waals surface area contributed by atoms with Gasteiger partial charge in [-0.15, -0.1) is 0 Å². The molecular formula is C29H35BrN4O3S. The summed E-state index contributed by atoms with van der Waals surface area (Å²) >= 11 is 9.54.